The fourth-order valence-electron chi connectivity index (χ4n) is 3.21. The monoisotopic (exact) mass is 387 g/mol. The Hall–Kier alpha value is -2.37. The normalized spacial score (nSPS) is 11.3. The van der Waals surface area contributed by atoms with Crippen molar-refractivity contribution in [3.05, 3.63) is 59.0 Å². The molecule has 3 aromatic rings. The van der Waals surface area contributed by atoms with Gasteiger partial charge in [-0.05, 0) is 37.4 Å². The van der Waals surface area contributed by atoms with E-state index in [2.05, 4.69) is 29.0 Å². The van der Waals surface area contributed by atoms with E-state index in [1.165, 1.54) is 6.07 Å². The summed E-state index contributed by atoms with van der Waals surface area (Å²) in [5.41, 5.74) is 1.38. The molecule has 1 amide bonds. The molecule has 0 saturated heterocycles. The van der Waals surface area contributed by atoms with Crippen LogP contribution in [0.5, 0.6) is 0 Å². The molecule has 0 bridgehead atoms. The maximum Gasteiger partial charge on any atom is 0.268 e. The molecule has 1 aromatic heterocycles. The van der Waals surface area contributed by atoms with Gasteiger partial charge in [-0.15, -0.1) is 0 Å². The minimum Gasteiger partial charge on any atom is -0.349 e. The Balaban J connectivity index is 1.94. The van der Waals surface area contributed by atoms with E-state index in [1.54, 1.807) is 36.4 Å². The third kappa shape index (κ3) is 4.15. The van der Waals surface area contributed by atoms with Crippen LogP contribution in [0.4, 0.5) is 4.39 Å². The highest BCUT2D eigenvalue weighted by Crippen LogP contribution is 2.33. The van der Waals surface area contributed by atoms with E-state index in [1.807, 2.05) is 0 Å². The third-order valence-electron chi connectivity index (χ3n) is 4.75. The summed E-state index contributed by atoms with van der Waals surface area (Å²) < 4.78 is 14.3. The van der Waals surface area contributed by atoms with Gasteiger partial charge in [-0.3, -0.25) is 4.79 Å². The summed E-state index contributed by atoms with van der Waals surface area (Å²) in [6.45, 7) is 7.39. The van der Waals surface area contributed by atoms with E-state index in [0.717, 1.165) is 30.4 Å². The van der Waals surface area contributed by atoms with Crippen molar-refractivity contribution < 1.29 is 9.18 Å². The molecular formula is C21H23ClFN3O. The second-order valence-corrected chi connectivity index (χ2v) is 6.76. The van der Waals surface area contributed by atoms with Gasteiger partial charge in [-0.25, -0.2) is 4.39 Å². The molecule has 0 spiro atoms. The number of amides is 1. The van der Waals surface area contributed by atoms with E-state index in [9.17, 15) is 9.18 Å². The van der Waals surface area contributed by atoms with E-state index >= 15 is 0 Å². The lowest BCUT2D eigenvalue weighted by molar-refractivity contribution is 0.0946. The molecule has 27 heavy (non-hydrogen) atoms. The maximum atomic E-state index is 14.3. The van der Waals surface area contributed by atoms with Crippen LogP contribution < -0.4 is 5.32 Å². The summed E-state index contributed by atoms with van der Waals surface area (Å²) in [5, 5.41) is 4.92. The molecule has 2 aromatic carbocycles. The first kappa shape index (κ1) is 19.4. The molecule has 6 heteroatoms. The van der Waals surface area contributed by atoms with Crippen molar-refractivity contribution in [1.82, 2.24) is 15.2 Å². The lowest BCUT2D eigenvalue weighted by Crippen LogP contribution is -2.35. The van der Waals surface area contributed by atoms with Crippen molar-refractivity contribution in [3.63, 3.8) is 0 Å². The van der Waals surface area contributed by atoms with Gasteiger partial charge in [0.15, 0.2) is 0 Å². The zero-order valence-corrected chi connectivity index (χ0v) is 16.2. The molecule has 0 unspecified atom stereocenters. The number of hydrogen-bond acceptors (Lipinski definition) is 2. The van der Waals surface area contributed by atoms with Crippen LogP contribution in [0.25, 0.3) is 22.0 Å². The van der Waals surface area contributed by atoms with E-state index in [4.69, 9.17) is 11.6 Å². The van der Waals surface area contributed by atoms with Crippen LogP contribution in [0.2, 0.25) is 5.02 Å². The van der Waals surface area contributed by atoms with Gasteiger partial charge in [0.2, 0.25) is 0 Å². The van der Waals surface area contributed by atoms with Crippen LogP contribution in [-0.4, -0.2) is 42.0 Å². The number of rotatable bonds is 7. The van der Waals surface area contributed by atoms with Crippen LogP contribution in [0.3, 0.4) is 0 Å². The average Bonchev–Trinajstić information content (AvgIpc) is 3.04. The smallest absolute Gasteiger partial charge is 0.268 e. The number of fused-ring (bicyclic) bond motifs is 1. The van der Waals surface area contributed by atoms with Crippen LogP contribution in [0.15, 0.2) is 42.5 Å². The Morgan fingerprint density at radius 1 is 1.15 bits per heavy atom. The number of carbonyl (C=O) groups excluding carboxylic acids is 1. The Morgan fingerprint density at radius 3 is 2.59 bits per heavy atom. The molecule has 0 saturated carbocycles. The van der Waals surface area contributed by atoms with Gasteiger partial charge in [0.1, 0.15) is 11.5 Å². The number of aromatic amines is 1. The van der Waals surface area contributed by atoms with Crippen molar-refractivity contribution in [3.8, 4) is 11.3 Å². The second kappa shape index (κ2) is 8.55. The number of nitrogens with zero attached hydrogens (tertiary/aromatic N) is 1. The second-order valence-electron chi connectivity index (χ2n) is 6.33. The van der Waals surface area contributed by atoms with Gasteiger partial charge in [-0.2, -0.15) is 0 Å². The van der Waals surface area contributed by atoms with E-state index in [0.29, 0.717) is 28.5 Å². The van der Waals surface area contributed by atoms with Crippen molar-refractivity contribution in [1.29, 1.82) is 0 Å². The molecule has 4 nitrogen and oxygen atoms in total. The van der Waals surface area contributed by atoms with Crippen molar-refractivity contribution in [2.24, 2.45) is 0 Å². The Bertz CT molecular complexity index is 950. The number of halogens is 2. The Labute approximate surface area is 163 Å². The van der Waals surface area contributed by atoms with Crippen molar-refractivity contribution >= 4 is 28.3 Å². The first-order valence-corrected chi connectivity index (χ1v) is 9.49. The molecule has 0 atom stereocenters. The number of nitrogens with one attached hydrogen (secondary N) is 2. The topological polar surface area (TPSA) is 48.1 Å². The summed E-state index contributed by atoms with van der Waals surface area (Å²) in [4.78, 5) is 18.1. The first-order valence-electron chi connectivity index (χ1n) is 9.11. The quantitative estimate of drug-likeness (QED) is 0.617. The zero-order chi connectivity index (χ0) is 19.4. The SMILES string of the molecule is CCN(CC)CCNC(=O)c1[nH]c(-c2ccccc2F)c2cc(Cl)ccc12. The standard InChI is InChI=1S/C21H23ClFN3O/c1-3-26(4-2)12-11-24-21(27)20-15-10-9-14(22)13-17(15)19(25-20)16-7-5-6-8-18(16)23/h5-10,13,25H,3-4,11-12H2,1-2H3,(H,24,27). The fourth-order valence-corrected chi connectivity index (χ4v) is 3.38. The van der Waals surface area contributed by atoms with Gasteiger partial charge in [0, 0.05) is 34.4 Å². The maximum absolute atomic E-state index is 14.3. The first-order chi connectivity index (χ1) is 13.0. The number of H-pyrrole nitrogens is 1. The molecule has 0 radical (unpaired) electrons. The summed E-state index contributed by atoms with van der Waals surface area (Å²) >= 11 is 6.14. The fraction of sp³-hybridized carbons (Fsp3) is 0.286. The van der Waals surface area contributed by atoms with Gasteiger partial charge in [0.05, 0.1) is 5.69 Å². The summed E-state index contributed by atoms with van der Waals surface area (Å²) in [6, 6.07) is 11.8. The van der Waals surface area contributed by atoms with E-state index < -0.39 is 0 Å². The van der Waals surface area contributed by atoms with Crippen molar-refractivity contribution in [2.45, 2.75) is 13.8 Å². The molecular weight excluding hydrogens is 365 g/mol. The minimum absolute atomic E-state index is 0.211. The van der Waals surface area contributed by atoms with Gasteiger partial charge >= 0.3 is 0 Å². The molecule has 0 aliphatic carbocycles. The number of benzene rings is 2. The van der Waals surface area contributed by atoms with Crippen molar-refractivity contribution in [2.75, 3.05) is 26.2 Å². The highest BCUT2D eigenvalue weighted by molar-refractivity contribution is 6.31. The molecule has 0 aliphatic heterocycles. The molecule has 142 valence electrons. The largest absolute Gasteiger partial charge is 0.349 e. The highest BCUT2D eigenvalue weighted by Gasteiger charge is 2.19. The predicted octanol–water partition coefficient (Wildman–Crippen LogP) is 4.70. The molecule has 3 rings (SSSR count). The number of likely N-dealkylation sites (N-methyl/N-ethyl adjacent to an activating group) is 1. The molecule has 0 fully saturated rings. The number of aromatic nitrogens is 1. The number of hydrogen-bond donors (Lipinski definition) is 2. The highest BCUT2D eigenvalue weighted by atomic mass is 35.5. The molecule has 2 N–H and O–H groups in total. The van der Waals surface area contributed by atoms with Crippen LogP contribution in [-0.2, 0) is 0 Å². The van der Waals surface area contributed by atoms with Gasteiger partial charge in [0.25, 0.3) is 5.91 Å². The number of carbonyl (C=O) groups is 1. The summed E-state index contributed by atoms with van der Waals surface area (Å²) in [6.07, 6.45) is 0. The summed E-state index contributed by atoms with van der Waals surface area (Å²) in [5.74, 6) is -0.564. The summed E-state index contributed by atoms with van der Waals surface area (Å²) in [7, 11) is 0. The van der Waals surface area contributed by atoms with E-state index in [-0.39, 0.29) is 11.7 Å². The Morgan fingerprint density at radius 2 is 1.89 bits per heavy atom. The molecule has 1 heterocycles. The Kier molecular flexibility index (Phi) is 6.14. The minimum atomic E-state index is -0.353. The zero-order valence-electron chi connectivity index (χ0n) is 15.5. The van der Waals surface area contributed by atoms with Gasteiger partial charge < -0.3 is 15.2 Å². The van der Waals surface area contributed by atoms with Gasteiger partial charge in [-0.1, -0.05) is 43.6 Å². The lowest BCUT2D eigenvalue weighted by Gasteiger charge is -2.17. The molecule has 0 aliphatic rings. The van der Waals surface area contributed by atoms with Crippen LogP contribution in [0, 0.1) is 5.82 Å². The van der Waals surface area contributed by atoms with Crippen LogP contribution >= 0.6 is 11.6 Å². The predicted molar refractivity (Wildman–Crippen MR) is 109 cm³/mol. The lowest BCUT2D eigenvalue weighted by atomic mass is 10.1. The average molecular weight is 388 g/mol. The van der Waals surface area contributed by atoms with Crippen LogP contribution in [0.1, 0.15) is 24.3 Å². The third-order valence-corrected chi connectivity index (χ3v) is 4.98.